The van der Waals surface area contributed by atoms with Crippen LogP contribution in [0.3, 0.4) is 0 Å². The van der Waals surface area contributed by atoms with Crippen LogP contribution in [-0.2, 0) is 19.3 Å². The van der Waals surface area contributed by atoms with E-state index in [9.17, 15) is 26.7 Å². The Kier molecular flexibility index (Phi) is 6.09. The molecule has 4 aromatic rings. The van der Waals surface area contributed by atoms with Crippen LogP contribution >= 0.6 is 27.3 Å². The second-order valence-corrected chi connectivity index (χ2v) is 9.50. The zero-order valence-electron chi connectivity index (χ0n) is 16.1. The number of rotatable bonds is 5. The molecule has 4 rings (SSSR count). The molecule has 0 radical (unpaired) electrons. The van der Waals surface area contributed by atoms with Gasteiger partial charge in [-0.3, -0.25) is 4.79 Å². The molecule has 0 saturated heterocycles. The number of thiophene rings is 1. The third-order valence-corrected chi connectivity index (χ3v) is 6.42. The van der Waals surface area contributed by atoms with Gasteiger partial charge in [-0.2, -0.15) is 13.2 Å². The summed E-state index contributed by atoms with van der Waals surface area (Å²) in [6.07, 6.45) is -4.48. The molecule has 0 aliphatic heterocycles. The van der Waals surface area contributed by atoms with Crippen molar-refractivity contribution in [3.05, 3.63) is 92.4 Å². The van der Waals surface area contributed by atoms with Crippen molar-refractivity contribution in [1.29, 1.82) is 0 Å². The molecule has 166 valence electrons. The van der Waals surface area contributed by atoms with Crippen molar-refractivity contribution in [1.82, 2.24) is 9.88 Å². The summed E-state index contributed by atoms with van der Waals surface area (Å²) in [5, 5.41) is 2.62. The van der Waals surface area contributed by atoms with E-state index >= 15 is 0 Å². The van der Waals surface area contributed by atoms with E-state index in [0.717, 1.165) is 32.8 Å². The summed E-state index contributed by atoms with van der Waals surface area (Å²) in [6, 6.07) is 11.3. The number of hydrogen-bond acceptors (Lipinski definition) is 2. The monoisotopic (exact) mass is 528 g/mol. The van der Waals surface area contributed by atoms with Gasteiger partial charge in [0, 0.05) is 18.2 Å². The molecule has 0 saturated carbocycles. The van der Waals surface area contributed by atoms with Gasteiger partial charge in [-0.15, -0.1) is 11.3 Å². The Morgan fingerprint density at radius 3 is 2.56 bits per heavy atom. The Bertz CT molecular complexity index is 1310. The second kappa shape index (κ2) is 8.67. The molecule has 0 fully saturated rings. The number of benzene rings is 2. The van der Waals surface area contributed by atoms with Gasteiger partial charge in [0.05, 0.1) is 26.1 Å². The molecule has 0 atom stereocenters. The minimum absolute atomic E-state index is 0.0227. The number of fused-ring (bicyclic) bond motifs is 1. The number of carbonyl (C=O) groups excluding carboxylic acids is 1. The van der Waals surface area contributed by atoms with Crippen LogP contribution in [0.15, 0.2) is 58.4 Å². The summed E-state index contributed by atoms with van der Waals surface area (Å²) in [7, 11) is 0. The van der Waals surface area contributed by atoms with Crippen molar-refractivity contribution in [3.8, 4) is 0 Å². The maximum absolute atomic E-state index is 14.2. The van der Waals surface area contributed by atoms with E-state index in [-0.39, 0.29) is 24.3 Å². The fourth-order valence-corrected chi connectivity index (χ4v) is 4.89. The highest BCUT2D eigenvalue weighted by Crippen LogP contribution is 2.33. The normalized spacial score (nSPS) is 11.8. The van der Waals surface area contributed by atoms with Gasteiger partial charge in [-0.25, -0.2) is 8.78 Å². The van der Waals surface area contributed by atoms with Crippen molar-refractivity contribution in [2.75, 3.05) is 0 Å². The van der Waals surface area contributed by atoms with Crippen LogP contribution in [0.25, 0.3) is 10.2 Å². The summed E-state index contributed by atoms with van der Waals surface area (Å²) >= 11 is 4.76. The van der Waals surface area contributed by atoms with Gasteiger partial charge in [-0.1, -0.05) is 18.2 Å². The summed E-state index contributed by atoms with van der Waals surface area (Å²) < 4.78 is 69.4. The highest BCUT2D eigenvalue weighted by atomic mass is 79.9. The van der Waals surface area contributed by atoms with Crippen molar-refractivity contribution in [3.63, 3.8) is 0 Å². The van der Waals surface area contributed by atoms with Gasteiger partial charge in [0.1, 0.15) is 17.3 Å². The lowest BCUT2D eigenvalue weighted by molar-refractivity contribution is -0.137. The first-order valence-electron chi connectivity index (χ1n) is 9.28. The van der Waals surface area contributed by atoms with Gasteiger partial charge in [0.25, 0.3) is 5.91 Å². The molecule has 0 bridgehead atoms. The van der Waals surface area contributed by atoms with E-state index in [2.05, 4.69) is 21.2 Å². The molecule has 1 amide bonds. The Hall–Kier alpha value is -2.72. The number of nitrogens with one attached hydrogen (secondary N) is 1. The zero-order chi connectivity index (χ0) is 23.0. The number of nitrogens with zero attached hydrogens (tertiary/aromatic N) is 1. The van der Waals surface area contributed by atoms with E-state index in [1.165, 1.54) is 29.5 Å². The molecule has 2 heterocycles. The molecule has 32 heavy (non-hydrogen) atoms. The highest BCUT2D eigenvalue weighted by Gasteiger charge is 2.30. The Balaban J connectivity index is 1.62. The van der Waals surface area contributed by atoms with Crippen LogP contribution in [0.5, 0.6) is 0 Å². The molecule has 2 aromatic carbocycles. The lowest BCUT2D eigenvalue weighted by Crippen LogP contribution is -2.26. The number of amides is 1. The second-order valence-electron chi connectivity index (χ2n) is 7.03. The minimum Gasteiger partial charge on any atom is -0.347 e. The Labute approximate surface area is 191 Å². The minimum atomic E-state index is -4.48. The van der Waals surface area contributed by atoms with Gasteiger partial charge in [0.2, 0.25) is 0 Å². The van der Waals surface area contributed by atoms with Crippen LogP contribution in [0, 0.1) is 11.6 Å². The highest BCUT2D eigenvalue weighted by molar-refractivity contribution is 9.11. The maximum atomic E-state index is 14.2. The van der Waals surface area contributed by atoms with Crippen molar-refractivity contribution < 1.29 is 26.7 Å². The van der Waals surface area contributed by atoms with E-state index < -0.39 is 29.3 Å². The fourth-order valence-electron chi connectivity index (χ4n) is 3.32. The lowest BCUT2D eigenvalue weighted by atomic mass is 10.1. The summed E-state index contributed by atoms with van der Waals surface area (Å²) in [6.45, 7) is -0.138. The third kappa shape index (κ3) is 4.71. The number of alkyl halides is 3. The predicted octanol–water partition coefficient (Wildman–Crippen LogP) is 6.74. The summed E-state index contributed by atoms with van der Waals surface area (Å²) in [4.78, 5) is 12.9. The molecular formula is C22H14BrF5N2OS. The van der Waals surface area contributed by atoms with Crippen LogP contribution in [0.1, 0.15) is 27.2 Å². The van der Waals surface area contributed by atoms with E-state index in [1.54, 1.807) is 16.7 Å². The first-order chi connectivity index (χ1) is 15.1. The fraction of sp³-hybridized carbons (Fsp3) is 0.136. The molecule has 0 aliphatic rings. The van der Waals surface area contributed by atoms with Crippen molar-refractivity contribution >= 4 is 43.4 Å². The van der Waals surface area contributed by atoms with Crippen molar-refractivity contribution in [2.45, 2.75) is 19.3 Å². The molecule has 0 aliphatic carbocycles. The van der Waals surface area contributed by atoms with Crippen LogP contribution in [-0.4, -0.2) is 10.5 Å². The predicted molar refractivity (Wildman–Crippen MR) is 116 cm³/mol. The molecule has 1 N–H and O–H groups in total. The van der Waals surface area contributed by atoms with E-state index in [0.29, 0.717) is 11.1 Å². The molecule has 2 aromatic heterocycles. The largest absolute Gasteiger partial charge is 0.416 e. The van der Waals surface area contributed by atoms with Gasteiger partial charge < -0.3 is 9.88 Å². The van der Waals surface area contributed by atoms with Gasteiger partial charge >= 0.3 is 6.18 Å². The van der Waals surface area contributed by atoms with E-state index in [1.807, 2.05) is 0 Å². The molecule has 0 unspecified atom stereocenters. The number of hydrogen-bond donors (Lipinski definition) is 1. The van der Waals surface area contributed by atoms with Crippen LogP contribution in [0.2, 0.25) is 0 Å². The first-order valence-corrected chi connectivity index (χ1v) is 10.9. The average Bonchev–Trinajstić information content (AvgIpc) is 3.24. The first kappa shape index (κ1) is 22.5. The van der Waals surface area contributed by atoms with E-state index in [4.69, 9.17) is 0 Å². The SMILES string of the molecule is O=C(NCc1cccc(C(F)(F)F)c1)c1cc2sc(Br)cc2n1Cc1ccc(F)cc1F. The molecule has 10 heteroatoms. The molecule has 3 nitrogen and oxygen atoms in total. The summed E-state index contributed by atoms with van der Waals surface area (Å²) in [5.74, 6) is -1.97. The molecular weight excluding hydrogens is 515 g/mol. The van der Waals surface area contributed by atoms with Crippen LogP contribution < -0.4 is 5.32 Å². The third-order valence-electron chi connectivity index (χ3n) is 4.84. The maximum Gasteiger partial charge on any atom is 0.416 e. The topological polar surface area (TPSA) is 34.0 Å². The number of carbonyl (C=O) groups is 1. The smallest absolute Gasteiger partial charge is 0.347 e. The molecule has 0 spiro atoms. The quantitative estimate of drug-likeness (QED) is 0.286. The number of aromatic nitrogens is 1. The Morgan fingerprint density at radius 2 is 1.84 bits per heavy atom. The van der Waals surface area contributed by atoms with Gasteiger partial charge in [0.15, 0.2) is 0 Å². The summed E-state index contributed by atoms with van der Waals surface area (Å²) in [5.41, 5.74) is 0.576. The lowest BCUT2D eigenvalue weighted by Gasteiger charge is -2.13. The number of halogens is 6. The Morgan fingerprint density at radius 1 is 1.06 bits per heavy atom. The van der Waals surface area contributed by atoms with Crippen LogP contribution in [0.4, 0.5) is 22.0 Å². The zero-order valence-corrected chi connectivity index (χ0v) is 18.5. The van der Waals surface area contributed by atoms with Crippen molar-refractivity contribution in [2.24, 2.45) is 0 Å². The van der Waals surface area contributed by atoms with Gasteiger partial charge in [-0.05, 0) is 51.8 Å². The average molecular weight is 529 g/mol. The standard InChI is InChI=1S/C22H14BrF5N2OS/c23-20-9-17-19(32-20)8-18(30(17)11-13-4-5-15(24)7-16(13)25)21(31)29-10-12-2-1-3-14(6-12)22(26,27)28/h1-9H,10-11H2,(H,29,31).